The van der Waals surface area contributed by atoms with Crippen molar-refractivity contribution in [3.8, 4) is 0 Å². The summed E-state index contributed by atoms with van der Waals surface area (Å²) in [5, 5.41) is 0.982. The van der Waals surface area contributed by atoms with Gasteiger partial charge in [-0.25, -0.2) is 12.4 Å². The van der Waals surface area contributed by atoms with Gasteiger partial charge in [-0.15, -0.1) is 0 Å². The van der Waals surface area contributed by atoms with Crippen LogP contribution in [0.1, 0.15) is 62.5 Å². The third-order valence-corrected chi connectivity index (χ3v) is 9.98. The molecule has 0 radical (unpaired) electrons. The van der Waals surface area contributed by atoms with Crippen LogP contribution in [-0.4, -0.2) is 53.4 Å². The van der Waals surface area contributed by atoms with Crippen molar-refractivity contribution in [1.29, 1.82) is 0 Å². The fourth-order valence-corrected chi connectivity index (χ4v) is 7.44. The fourth-order valence-electron chi connectivity index (χ4n) is 6.03. The van der Waals surface area contributed by atoms with Gasteiger partial charge in [0.05, 0.1) is 10.4 Å². The standard InChI is InChI=1S/C33H42N4O2S/c1-35(30-13-5-2-6-14-30)23-11-4-12-24-36(25-28-19-21-34-22-20-28)26-29-27-37(33-18-10-9-17-32(29)33)40(38,39)31-15-7-3-8-16-31/h3,7-10,15-22,27,30H,2,4-6,11-14,23-26H2,1H3. The predicted molar refractivity (Wildman–Crippen MR) is 163 cm³/mol. The summed E-state index contributed by atoms with van der Waals surface area (Å²) >= 11 is 0. The van der Waals surface area contributed by atoms with Crippen LogP contribution in [0.3, 0.4) is 0 Å². The number of rotatable bonds is 13. The molecule has 0 amide bonds. The normalized spacial score (nSPS) is 14.9. The molecule has 0 atom stereocenters. The molecule has 0 saturated heterocycles. The average molecular weight is 559 g/mol. The lowest BCUT2D eigenvalue weighted by Gasteiger charge is -2.31. The molecule has 0 N–H and O–H groups in total. The van der Waals surface area contributed by atoms with Gasteiger partial charge < -0.3 is 4.90 Å². The predicted octanol–water partition coefficient (Wildman–Crippen LogP) is 6.71. The molecular weight excluding hydrogens is 516 g/mol. The Morgan fingerprint density at radius 3 is 2.30 bits per heavy atom. The second-order valence-corrected chi connectivity index (χ2v) is 13.0. The summed E-state index contributed by atoms with van der Waals surface area (Å²) in [5.74, 6) is 0. The average Bonchev–Trinajstić information content (AvgIpc) is 3.37. The van der Waals surface area contributed by atoms with E-state index >= 15 is 0 Å². The number of fused-ring (bicyclic) bond motifs is 1. The molecule has 212 valence electrons. The van der Waals surface area contributed by atoms with Gasteiger partial charge in [0.25, 0.3) is 10.0 Å². The monoisotopic (exact) mass is 558 g/mol. The van der Waals surface area contributed by atoms with Crippen molar-refractivity contribution in [2.24, 2.45) is 0 Å². The van der Waals surface area contributed by atoms with E-state index in [1.807, 2.05) is 48.9 Å². The first-order chi connectivity index (χ1) is 19.5. The highest BCUT2D eigenvalue weighted by Gasteiger charge is 2.22. The van der Waals surface area contributed by atoms with E-state index in [0.717, 1.165) is 42.0 Å². The van der Waals surface area contributed by atoms with Gasteiger partial charge in [-0.2, -0.15) is 0 Å². The molecule has 0 bridgehead atoms. The molecule has 40 heavy (non-hydrogen) atoms. The molecule has 1 saturated carbocycles. The van der Waals surface area contributed by atoms with E-state index in [2.05, 4.69) is 34.0 Å². The van der Waals surface area contributed by atoms with Gasteiger partial charge in [0.15, 0.2) is 0 Å². The molecule has 1 aliphatic rings. The smallest absolute Gasteiger partial charge is 0.268 e. The number of para-hydroxylation sites is 1. The van der Waals surface area contributed by atoms with Crippen molar-refractivity contribution in [1.82, 2.24) is 18.8 Å². The number of hydrogen-bond acceptors (Lipinski definition) is 5. The number of pyridine rings is 1. The van der Waals surface area contributed by atoms with Crippen LogP contribution in [0.25, 0.3) is 10.9 Å². The van der Waals surface area contributed by atoms with Gasteiger partial charge in [-0.05, 0) is 87.3 Å². The maximum atomic E-state index is 13.6. The molecule has 2 aromatic carbocycles. The lowest BCUT2D eigenvalue weighted by Crippen LogP contribution is -2.34. The van der Waals surface area contributed by atoms with Gasteiger partial charge in [-0.1, -0.05) is 62.1 Å². The topological polar surface area (TPSA) is 58.4 Å². The van der Waals surface area contributed by atoms with Crippen LogP contribution in [0.2, 0.25) is 0 Å². The van der Waals surface area contributed by atoms with Gasteiger partial charge in [-0.3, -0.25) is 9.88 Å². The lowest BCUT2D eigenvalue weighted by molar-refractivity contribution is 0.186. The molecule has 6 nitrogen and oxygen atoms in total. The Labute approximate surface area is 239 Å². The zero-order valence-corrected chi connectivity index (χ0v) is 24.5. The van der Waals surface area contributed by atoms with E-state index in [-0.39, 0.29) is 0 Å². The van der Waals surface area contributed by atoms with Crippen molar-refractivity contribution in [3.05, 3.63) is 96.4 Å². The minimum absolute atomic E-state index is 0.300. The van der Waals surface area contributed by atoms with Gasteiger partial charge in [0, 0.05) is 43.1 Å². The molecule has 0 spiro atoms. The maximum Gasteiger partial charge on any atom is 0.268 e. The summed E-state index contributed by atoms with van der Waals surface area (Å²) in [6.07, 6.45) is 15.9. The Balaban J connectivity index is 1.30. The second kappa shape index (κ2) is 13.6. The third-order valence-electron chi connectivity index (χ3n) is 8.29. The minimum Gasteiger partial charge on any atom is -0.303 e. The number of unbranched alkanes of at least 4 members (excludes halogenated alkanes) is 2. The van der Waals surface area contributed by atoms with Crippen LogP contribution < -0.4 is 0 Å². The van der Waals surface area contributed by atoms with Crippen LogP contribution in [0.4, 0.5) is 0 Å². The summed E-state index contributed by atoms with van der Waals surface area (Å²) in [5.41, 5.74) is 2.96. The zero-order valence-electron chi connectivity index (χ0n) is 23.7. The van der Waals surface area contributed by atoms with E-state index in [1.165, 1.54) is 61.0 Å². The number of hydrogen-bond donors (Lipinski definition) is 0. The Hall–Kier alpha value is -3.00. The van der Waals surface area contributed by atoms with E-state index in [1.54, 1.807) is 24.3 Å². The van der Waals surface area contributed by atoms with E-state index in [9.17, 15) is 8.42 Å². The van der Waals surface area contributed by atoms with Crippen LogP contribution in [0.15, 0.2) is 90.2 Å². The Bertz CT molecular complexity index is 1450. The molecule has 2 aromatic heterocycles. The summed E-state index contributed by atoms with van der Waals surface area (Å²) in [4.78, 5) is 9.51. The fraction of sp³-hybridized carbons (Fsp3) is 0.424. The number of aromatic nitrogens is 2. The highest BCUT2D eigenvalue weighted by molar-refractivity contribution is 7.90. The van der Waals surface area contributed by atoms with Crippen molar-refractivity contribution < 1.29 is 8.42 Å². The van der Waals surface area contributed by atoms with Crippen molar-refractivity contribution in [2.45, 2.75) is 75.4 Å². The molecular formula is C33H42N4O2S. The molecule has 4 aromatic rings. The quantitative estimate of drug-likeness (QED) is 0.171. The van der Waals surface area contributed by atoms with Gasteiger partial charge >= 0.3 is 0 Å². The van der Waals surface area contributed by atoms with Crippen molar-refractivity contribution in [2.75, 3.05) is 20.1 Å². The van der Waals surface area contributed by atoms with E-state index in [4.69, 9.17) is 0 Å². The summed E-state index contributed by atoms with van der Waals surface area (Å²) in [7, 11) is -1.40. The Kier molecular flexibility index (Phi) is 9.68. The lowest BCUT2D eigenvalue weighted by atomic mass is 9.94. The molecule has 0 aliphatic heterocycles. The first-order valence-corrected chi connectivity index (χ1v) is 16.2. The first kappa shape index (κ1) is 28.5. The Morgan fingerprint density at radius 1 is 0.825 bits per heavy atom. The summed E-state index contributed by atoms with van der Waals surface area (Å²) in [6.45, 7) is 3.61. The highest BCUT2D eigenvalue weighted by atomic mass is 32.2. The Morgan fingerprint density at radius 2 is 1.52 bits per heavy atom. The molecule has 7 heteroatoms. The third kappa shape index (κ3) is 7.00. The molecule has 1 fully saturated rings. The summed E-state index contributed by atoms with van der Waals surface area (Å²) in [6, 6.07) is 21.4. The SMILES string of the molecule is CN(CCCCCN(Cc1ccncc1)Cc1cn(S(=O)(=O)c2ccccc2)c2ccccc12)C1CCCCC1. The van der Waals surface area contributed by atoms with Gasteiger partial charge in [0.1, 0.15) is 0 Å². The minimum atomic E-state index is -3.70. The summed E-state index contributed by atoms with van der Waals surface area (Å²) < 4.78 is 28.6. The van der Waals surface area contributed by atoms with Crippen LogP contribution in [0.5, 0.6) is 0 Å². The molecule has 1 aliphatic carbocycles. The van der Waals surface area contributed by atoms with Crippen LogP contribution in [-0.2, 0) is 23.1 Å². The van der Waals surface area contributed by atoms with Crippen molar-refractivity contribution in [3.63, 3.8) is 0 Å². The van der Waals surface area contributed by atoms with E-state index < -0.39 is 10.0 Å². The van der Waals surface area contributed by atoms with Crippen molar-refractivity contribution >= 4 is 20.9 Å². The maximum absolute atomic E-state index is 13.6. The van der Waals surface area contributed by atoms with E-state index in [0.29, 0.717) is 11.4 Å². The molecule has 5 rings (SSSR count). The number of benzene rings is 2. The highest BCUT2D eigenvalue weighted by Crippen LogP contribution is 2.28. The zero-order chi connectivity index (χ0) is 27.8. The largest absolute Gasteiger partial charge is 0.303 e. The molecule has 0 unspecified atom stereocenters. The first-order valence-electron chi connectivity index (χ1n) is 14.7. The van der Waals surface area contributed by atoms with Gasteiger partial charge in [0.2, 0.25) is 0 Å². The van der Waals surface area contributed by atoms with Crippen LogP contribution >= 0.6 is 0 Å². The number of nitrogens with zero attached hydrogens (tertiary/aromatic N) is 4. The molecule has 2 heterocycles. The second-order valence-electron chi connectivity index (χ2n) is 11.2. The van der Waals surface area contributed by atoms with Crippen LogP contribution in [0, 0.1) is 0 Å².